The zero-order valence-corrected chi connectivity index (χ0v) is 14.2. The Bertz CT molecular complexity index is 755. The summed E-state index contributed by atoms with van der Waals surface area (Å²) in [6.45, 7) is 2.27. The third kappa shape index (κ3) is 2.76. The van der Waals surface area contributed by atoms with Crippen molar-refractivity contribution < 1.29 is 8.78 Å². The van der Waals surface area contributed by atoms with Gasteiger partial charge >= 0.3 is 0 Å². The van der Waals surface area contributed by atoms with Gasteiger partial charge in [-0.1, -0.05) is 38.0 Å². The van der Waals surface area contributed by atoms with Crippen molar-refractivity contribution in [1.29, 1.82) is 0 Å². The average Bonchev–Trinajstić information content (AvgIpc) is 2.94. The third-order valence-corrected chi connectivity index (χ3v) is 5.96. The maximum Gasteiger partial charge on any atom is 0.130 e. The van der Waals surface area contributed by atoms with Crippen molar-refractivity contribution in [3.05, 3.63) is 58.7 Å². The van der Waals surface area contributed by atoms with Crippen molar-refractivity contribution in [2.24, 2.45) is 5.92 Å². The van der Waals surface area contributed by atoms with Crippen LogP contribution in [0.25, 0.3) is 11.1 Å². The lowest BCUT2D eigenvalue weighted by Gasteiger charge is -2.29. The Kier molecular flexibility index (Phi) is 4.15. The molecule has 0 unspecified atom stereocenters. The summed E-state index contributed by atoms with van der Waals surface area (Å²) >= 11 is 0. The summed E-state index contributed by atoms with van der Waals surface area (Å²) in [5.41, 5.74) is 4.93. The molecular formula is C22H24F2. The molecular weight excluding hydrogens is 302 g/mol. The molecule has 1 saturated carbocycles. The molecule has 24 heavy (non-hydrogen) atoms. The highest BCUT2D eigenvalue weighted by Crippen LogP contribution is 2.42. The molecule has 0 saturated heterocycles. The lowest BCUT2D eigenvalue weighted by molar-refractivity contribution is 0.308. The molecule has 0 atom stereocenters. The number of fused-ring (bicyclic) bond motifs is 3. The van der Waals surface area contributed by atoms with Gasteiger partial charge in [0.25, 0.3) is 0 Å². The first kappa shape index (κ1) is 15.8. The molecule has 0 aliphatic heterocycles. The van der Waals surface area contributed by atoms with Gasteiger partial charge in [-0.2, -0.15) is 0 Å². The molecule has 0 radical (unpaired) electrons. The van der Waals surface area contributed by atoms with Crippen LogP contribution >= 0.6 is 0 Å². The minimum Gasteiger partial charge on any atom is -0.207 e. The maximum atomic E-state index is 14.0. The van der Waals surface area contributed by atoms with Crippen molar-refractivity contribution in [3.8, 4) is 11.1 Å². The van der Waals surface area contributed by atoms with E-state index in [1.165, 1.54) is 50.2 Å². The van der Waals surface area contributed by atoms with E-state index < -0.39 is 11.6 Å². The molecule has 0 spiro atoms. The Hall–Kier alpha value is -1.70. The molecule has 0 N–H and O–H groups in total. The molecule has 0 amide bonds. The quantitative estimate of drug-likeness (QED) is 0.508. The highest BCUT2D eigenvalue weighted by molar-refractivity contribution is 5.77. The second-order valence-corrected chi connectivity index (χ2v) is 7.51. The van der Waals surface area contributed by atoms with Crippen LogP contribution in [0.2, 0.25) is 0 Å². The zero-order valence-electron chi connectivity index (χ0n) is 14.2. The molecule has 0 nitrogen and oxygen atoms in total. The molecule has 2 aliphatic rings. The molecule has 126 valence electrons. The Labute approximate surface area is 142 Å². The third-order valence-electron chi connectivity index (χ3n) is 5.96. The van der Waals surface area contributed by atoms with Gasteiger partial charge in [-0.3, -0.25) is 0 Å². The van der Waals surface area contributed by atoms with E-state index in [1.807, 2.05) is 0 Å². The van der Waals surface area contributed by atoms with E-state index in [-0.39, 0.29) is 0 Å². The van der Waals surface area contributed by atoms with Gasteiger partial charge < -0.3 is 0 Å². The van der Waals surface area contributed by atoms with Gasteiger partial charge in [-0.25, -0.2) is 8.78 Å². The van der Waals surface area contributed by atoms with Crippen molar-refractivity contribution in [1.82, 2.24) is 0 Å². The highest BCUT2D eigenvalue weighted by atomic mass is 19.1. The van der Waals surface area contributed by atoms with E-state index in [4.69, 9.17) is 0 Å². The van der Waals surface area contributed by atoms with Gasteiger partial charge in [0.05, 0.1) is 0 Å². The Morgan fingerprint density at radius 3 is 2.50 bits per heavy atom. The summed E-state index contributed by atoms with van der Waals surface area (Å²) in [7, 11) is 0. The van der Waals surface area contributed by atoms with Crippen LogP contribution in [0.1, 0.15) is 68.1 Å². The summed E-state index contributed by atoms with van der Waals surface area (Å²) in [5, 5.41) is 0. The van der Waals surface area contributed by atoms with Crippen molar-refractivity contribution in [3.63, 3.8) is 0 Å². The molecule has 0 bridgehead atoms. The maximum absolute atomic E-state index is 14.0. The van der Waals surface area contributed by atoms with E-state index >= 15 is 0 Å². The number of hydrogen-bond donors (Lipinski definition) is 0. The van der Waals surface area contributed by atoms with Crippen LogP contribution in [0.3, 0.4) is 0 Å². The average molecular weight is 326 g/mol. The molecule has 0 heterocycles. The van der Waals surface area contributed by atoms with Gasteiger partial charge in [-0.15, -0.1) is 0 Å². The lowest BCUT2D eigenvalue weighted by Crippen LogP contribution is -2.13. The van der Waals surface area contributed by atoms with E-state index in [0.717, 1.165) is 28.7 Å². The number of hydrogen-bond acceptors (Lipinski definition) is 0. The molecule has 2 aromatic rings. The van der Waals surface area contributed by atoms with Gasteiger partial charge in [0.15, 0.2) is 0 Å². The first-order chi connectivity index (χ1) is 11.7. The summed E-state index contributed by atoms with van der Waals surface area (Å²) in [4.78, 5) is 0. The monoisotopic (exact) mass is 326 g/mol. The summed E-state index contributed by atoms with van der Waals surface area (Å²) in [5.74, 6) is 0.635. The highest BCUT2D eigenvalue weighted by Gasteiger charge is 2.26. The van der Waals surface area contributed by atoms with Crippen LogP contribution in [-0.2, 0) is 6.42 Å². The van der Waals surface area contributed by atoms with Crippen molar-refractivity contribution in [2.45, 2.75) is 57.8 Å². The largest absolute Gasteiger partial charge is 0.207 e. The standard InChI is InChI=1S/C22H24F2/c1-2-3-14-4-6-15(7-5-14)16-8-9-19-17(10-16)11-21-20(19)12-18(23)13-22(21)24/h8-10,12-15H,2-7,11H2,1H3/t14-,15-. The molecule has 4 rings (SSSR count). The van der Waals surface area contributed by atoms with Crippen molar-refractivity contribution in [2.75, 3.05) is 0 Å². The predicted molar refractivity (Wildman–Crippen MR) is 94.2 cm³/mol. The normalized spacial score (nSPS) is 22.3. The molecule has 2 aliphatic carbocycles. The number of benzene rings is 2. The molecule has 2 aromatic carbocycles. The van der Waals surface area contributed by atoms with Crippen LogP contribution in [0, 0.1) is 17.6 Å². The van der Waals surface area contributed by atoms with E-state index in [2.05, 4.69) is 25.1 Å². The second kappa shape index (κ2) is 6.31. The fourth-order valence-electron chi connectivity index (χ4n) is 4.68. The summed E-state index contributed by atoms with van der Waals surface area (Å²) in [6, 6.07) is 8.98. The molecule has 2 heteroatoms. The van der Waals surface area contributed by atoms with E-state index in [1.54, 1.807) is 0 Å². The van der Waals surface area contributed by atoms with Gasteiger partial charge in [0, 0.05) is 18.1 Å². The smallest absolute Gasteiger partial charge is 0.130 e. The van der Waals surface area contributed by atoms with Gasteiger partial charge in [-0.05, 0) is 65.8 Å². The van der Waals surface area contributed by atoms with Crippen LogP contribution < -0.4 is 0 Å². The van der Waals surface area contributed by atoms with E-state index in [0.29, 0.717) is 17.9 Å². The van der Waals surface area contributed by atoms with Crippen LogP contribution in [0.5, 0.6) is 0 Å². The first-order valence-electron chi connectivity index (χ1n) is 9.26. The Morgan fingerprint density at radius 2 is 1.75 bits per heavy atom. The number of rotatable bonds is 3. The summed E-state index contributed by atoms with van der Waals surface area (Å²) in [6.07, 6.45) is 8.42. The molecule has 1 fully saturated rings. The lowest BCUT2D eigenvalue weighted by atomic mass is 9.77. The Balaban J connectivity index is 1.57. The topological polar surface area (TPSA) is 0 Å². The van der Waals surface area contributed by atoms with E-state index in [9.17, 15) is 8.78 Å². The fourth-order valence-corrected chi connectivity index (χ4v) is 4.68. The first-order valence-corrected chi connectivity index (χ1v) is 9.26. The minimum atomic E-state index is -0.488. The zero-order chi connectivity index (χ0) is 16.7. The number of halogens is 2. The van der Waals surface area contributed by atoms with Gasteiger partial charge in [0.2, 0.25) is 0 Å². The molecule has 0 aromatic heterocycles. The second-order valence-electron chi connectivity index (χ2n) is 7.51. The van der Waals surface area contributed by atoms with Gasteiger partial charge in [0.1, 0.15) is 11.6 Å². The summed E-state index contributed by atoms with van der Waals surface area (Å²) < 4.78 is 27.6. The van der Waals surface area contributed by atoms with Crippen molar-refractivity contribution >= 4 is 0 Å². The fraction of sp³-hybridized carbons (Fsp3) is 0.455. The van der Waals surface area contributed by atoms with Crippen LogP contribution in [-0.4, -0.2) is 0 Å². The Morgan fingerprint density at radius 1 is 0.958 bits per heavy atom. The van der Waals surface area contributed by atoms with Crippen LogP contribution in [0.15, 0.2) is 30.3 Å². The van der Waals surface area contributed by atoms with Crippen LogP contribution in [0.4, 0.5) is 8.78 Å². The SMILES string of the molecule is CCC[C@H]1CC[C@H](c2ccc3c(c2)Cc2c(F)cc(F)cc2-3)CC1. The minimum absolute atomic E-state index is 0.414. The predicted octanol–water partition coefficient (Wildman–Crippen LogP) is 6.61.